The van der Waals surface area contributed by atoms with Crippen LogP contribution in [0.25, 0.3) is 10.8 Å². The molecular weight excluding hydrogens is 270 g/mol. The zero-order valence-electron chi connectivity index (χ0n) is 11.6. The number of nitrogens with zero attached hydrogens (tertiary/aromatic N) is 1. The molecule has 3 rings (SSSR count). The number of morpholine rings is 1. The molecule has 1 fully saturated rings. The van der Waals surface area contributed by atoms with Crippen molar-refractivity contribution in [3.05, 3.63) is 36.4 Å². The fraction of sp³-hybridized carbons (Fsp3) is 0.312. The summed E-state index contributed by atoms with van der Waals surface area (Å²) < 4.78 is 10.8. The number of carbonyl (C=O) groups excluding carboxylic acids is 1. The van der Waals surface area contributed by atoms with Crippen LogP contribution in [0.1, 0.15) is 0 Å². The highest BCUT2D eigenvalue weighted by Gasteiger charge is 2.17. The lowest BCUT2D eigenvalue weighted by Gasteiger charge is -2.26. The van der Waals surface area contributed by atoms with Crippen LogP contribution in [-0.4, -0.2) is 48.8 Å². The molecule has 0 saturated carbocycles. The average Bonchev–Trinajstić information content (AvgIpc) is 2.53. The van der Waals surface area contributed by atoms with Gasteiger partial charge in [-0.2, -0.15) is 0 Å². The highest BCUT2D eigenvalue weighted by molar-refractivity contribution is 5.85. The van der Waals surface area contributed by atoms with E-state index in [2.05, 4.69) is 0 Å². The average molecular weight is 287 g/mol. The summed E-state index contributed by atoms with van der Waals surface area (Å²) >= 11 is 0. The molecule has 0 bridgehead atoms. The Bertz CT molecular complexity index is 650. The van der Waals surface area contributed by atoms with Crippen LogP contribution in [0, 0.1) is 0 Å². The van der Waals surface area contributed by atoms with E-state index < -0.39 is 0 Å². The summed E-state index contributed by atoms with van der Waals surface area (Å²) in [6.45, 7) is 2.42. The second kappa shape index (κ2) is 6.01. The quantitative estimate of drug-likeness (QED) is 0.935. The summed E-state index contributed by atoms with van der Waals surface area (Å²) in [5.74, 6) is 0.799. The second-order valence-electron chi connectivity index (χ2n) is 4.98. The maximum Gasteiger partial charge on any atom is 0.260 e. The summed E-state index contributed by atoms with van der Waals surface area (Å²) in [5.41, 5.74) is 0. The van der Waals surface area contributed by atoms with Gasteiger partial charge < -0.3 is 19.5 Å². The van der Waals surface area contributed by atoms with Crippen LogP contribution < -0.4 is 4.74 Å². The molecule has 0 atom stereocenters. The number of fused-ring (bicyclic) bond motifs is 1. The van der Waals surface area contributed by atoms with E-state index in [0.717, 1.165) is 10.8 Å². The largest absolute Gasteiger partial charge is 0.508 e. The van der Waals surface area contributed by atoms with Gasteiger partial charge in [-0.1, -0.05) is 12.1 Å². The summed E-state index contributed by atoms with van der Waals surface area (Å²) in [6.07, 6.45) is 0. The molecule has 1 aliphatic rings. The number of phenolic OH excluding ortho intramolecular Hbond substituents is 1. The van der Waals surface area contributed by atoms with Crippen LogP contribution in [0.3, 0.4) is 0 Å². The monoisotopic (exact) mass is 287 g/mol. The third-order valence-corrected chi connectivity index (χ3v) is 3.52. The first-order valence-electron chi connectivity index (χ1n) is 6.93. The molecular formula is C16H17NO4. The molecule has 1 aliphatic heterocycles. The fourth-order valence-electron chi connectivity index (χ4n) is 2.35. The molecule has 110 valence electrons. The first-order chi connectivity index (χ1) is 10.2. The van der Waals surface area contributed by atoms with Gasteiger partial charge in [0.05, 0.1) is 13.2 Å². The third kappa shape index (κ3) is 3.25. The minimum atomic E-state index is -0.0331. The molecule has 1 N–H and O–H groups in total. The van der Waals surface area contributed by atoms with Crippen molar-refractivity contribution in [2.75, 3.05) is 32.9 Å². The number of aromatic hydroxyl groups is 1. The van der Waals surface area contributed by atoms with Crippen molar-refractivity contribution in [1.29, 1.82) is 0 Å². The van der Waals surface area contributed by atoms with Gasteiger partial charge in [0.2, 0.25) is 0 Å². The first kappa shape index (κ1) is 13.7. The maximum absolute atomic E-state index is 12.0. The molecule has 5 nitrogen and oxygen atoms in total. The van der Waals surface area contributed by atoms with E-state index >= 15 is 0 Å². The van der Waals surface area contributed by atoms with Gasteiger partial charge in [0, 0.05) is 13.1 Å². The zero-order valence-corrected chi connectivity index (χ0v) is 11.6. The van der Waals surface area contributed by atoms with E-state index in [1.54, 1.807) is 17.0 Å². The number of phenols is 1. The number of ether oxygens (including phenoxy) is 2. The van der Waals surface area contributed by atoms with Crippen molar-refractivity contribution in [2.24, 2.45) is 0 Å². The molecule has 0 aromatic heterocycles. The van der Waals surface area contributed by atoms with E-state index in [0.29, 0.717) is 32.1 Å². The number of hydrogen-bond donors (Lipinski definition) is 1. The van der Waals surface area contributed by atoms with Gasteiger partial charge in [-0.05, 0) is 35.0 Å². The van der Waals surface area contributed by atoms with E-state index in [1.165, 1.54) is 0 Å². The Hall–Kier alpha value is -2.27. The van der Waals surface area contributed by atoms with Gasteiger partial charge in [0.1, 0.15) is 11.5 Å². The smallest absolute Gasteiger partial charge is 0.260 e. The molecule has 0 unspecified atom stereocenters. The summed E-state index contributed by atoms with van der Waals surface area (Å²) in [5, 5.41) is 11.4. The number of amides is 1. The minimum Gasteiger partial charge on any atom is -0.508 e. The first-order valence-corrected chi connectivity index (χ1v) is 6.93. The SMILES string of the molecule is O=C(COc1ccc2ccc(O)cc2c1)N1CCOCC1. The van der Waals surface area contributed by atoms with Crippen molar-refractivity contribution in [3.63, 3.8) is 0 Å². The molecule has 2 aromatic carbocycles. The summed E-state index contributed by atoms with van der Waals surface area (Å²) in [4.78, 5) is 13.7. The standard InChI is InChI=1S/C16H17NO4/c18-14-3-1-12-2-4-15(10-13(12)9-14)21-11-16(19)17-5-7-20-8-6-17/h1-4,9-10,18H,5-8,11H2. The molecule has 1 saturated heterocycles. The van der Waals surface area contributed by atoms with E-state index in [1.807, 2.05) is 24.3 Å². The fourth-order valence-corrected chi connectivity index (χ4v) is 2.35. The van der Waals surface area contributed by atoms with Crippen LogP contribution in [0.15, 0.2) is 36.4 Å². The zero-order chi connectivity index (χ0) is 14.7. The lowest BCUT2D eigenvalue weighted by atomic mass is 10.1. The van der Waals surface area contributed by atoms with Gasteiger partial charge >= 0.3 is 0 Å². The Morgan fingerprint density at radius 3 is 2.71 bits per heavy atom. The number of hydrogen-bond acceptors (Lipinski definition) is 4. The van der Waals surface area contributed by atoms with Crippen LogP contribution >= 0.6 is 0 Å². The number of carbonyl (C=O) groups is 1. The van der Waals surface area contributed by atoms with E-state index in [-0.39, 0.29) is 18.3 Å². The van der Waals surface area contributed by atoms with Gasteiger partial charge in [-0.15, -0.1) is 0 Å². The Labute approximate surface area is 122 Å². The third-order valence-electron chi connectivity index (χ3n) is 3.52. The molecule has 0 spiro atoms. The van der Waals surface area contributed by atoms with Crippen LogP contribution in [0.5, 0.6) is 11.5 Å². The van der Waals surface area contributed by atoms with Gasteiger partial charge in [-0.25, -0.2) is 0 Å². The topological polar surface area (TPSA) is 59.0 Å². The van der Waals surface area contributed by atoms with Gasteiger partial charge in [0.15, 0.2) is 6.61 Å². The van der Waals surface area contributed by atoms with E-state index in [4.69, 9.17) is 9.47 Å². The van der Waals surface area contributed by atoms with E-state index in [9.17, 15) is 9.90 Å². The van der Waals surface area contributed by atoms with Crippen molar-refractivity contribution in [1.82, 2.24) is 4.90 Å². The summed E-state index contributed by atoms with van der Waals surface area (Å²) in [7, 11) is 0. The Kier molecular flexibility index (Phi) is 3.92. The molecule has 21 heavy (non-hydrogen) atoms. The number of benzene rings is 2. The normalized spacial score (nSPS) is 15.1. The van der Waals surface area contributed by atoms with Gasteiger partial charge in [0.25, 0.3) is 5.91 Å². The lowest BCUT2D eigenvalue weighted by molar-refractivity contribution is -0.137. The molecule has 0 aliphatic carbocycles. The molecule has 1 heterocycles. The maximum atomic E-state index is 12.0. The molecule has 2 aromatic rings. The van der Waals surface area contributed by atoms with Crippen molar-refractivity contribution < 1.29 is 19.4 Å². The Morgan fingerprint density at radius 1 is 1.14 bits per heavy atom. The second-order valence-corrected chi connectivity index (χ2v) is 4.98. The lowest BCUT2D eigenvalue weighted by Crippen LogP contribution is -2.42. The van der Waals surface area contributed by atoms with Crippen molar-refractivity contribution >= 4 is 16.7 Å². The molecule has 5 heteroatoms. The number of rotatable bonds is 3. The minimum absolute atomic E-state index is 0.0182. The summed E-state index contributed by atoms with van der Waals surface area (Å²) in [6, 6.07) is 10.7. The highest BCUT2D eigenvalue weighted by Crippen LogP contribution is 2.24. The molecule has 1 amide bonds. The molecule has 0 radical (unpaired) electrons. The highest BCUT2D eigenvalue weighted by atomic mass is 16.5. The predicted molar refractivity (Wildman–Crippen MR) is 78.5 cm³/mol. The van der Waals surface area contributed by atoms with Crippen LogP contribution in [0.2, 0.25) is 0 Å². The van der Waals surface area contributed by atoms with Crippen molar-refractivity contribution in [3.8, 4) is 11.5 Å². The van der Waals surface area contributed by atoms with Gasteiger partial charge in [-0.3, -0.25) is 4.79 Å². The Morgan fingerprint density at radius 2 is 1.90 bits per heavy atom. The van der Waals surface area contributed by atoms with Crippen molar-refractivity contribution in [2.45, 2.75) is 0 Å². The Balaban J connectivity index is 1.65. The van der Waals surface area contributed by atoms with Crippen LogP contribution in [-0.2, 0) is 9.53 Å². The van der Waals surface area contributed by atoms with Crippen LogP contribution in [0.4, 0.5) is 0 Å². The predicted octanol–water partition coefficient (Wildman–Crippen LogP) is 1.78.